The zero-order chi connectivity index (χ0) is 17.4. The van der Waals surface area contributed by atoms with Crippen LogP contribution >= 0.6 is 23.2 Å². The first-order valence-corrected chi connectivity index (χ1v) is 8.22. The van der Waals surface area contributed by atoms with Crippen LogP contribution in [0.2, 0.25) is 10.0 Å². The van der Waals surface area contributed by atoms with Gasteiger partial charge < -0.3 is 4.57 Å². The molecule has 122 valence electrons. The monoisotopic (exact) mass is 359 g/mol. The molecule has 24 heavy (non-hydrogen) atoms. The van der Waals surface area contributed by atoms with Crippen LogP contribution in [0.25, 0.3) is 10.9 Å². The molecule has 0 saturated heterocycles. The Balaban J connectivity index is 2.14. The predicted octanol–water partition coefficient (Wildman–Crippen LogP) is 4.81. The molecule has 0 aliphatic rings. The molecule has 0 saturated carbocycles. The maximum Gasteiger partial charge on any atom is 0.251 e. The maximum atomic E-state index is 12.7. The molecular formula is C19H15Cl2NO2. The van der Waals surface area contributed by atoms with Crippen LogP contribution in [0.3, 0.4) is 0 Å². The van der Waals surface area contributed by atoms with Crippen molar-refractivity contribution < 1.29 is 4.79 Å². The number of ketones is 1. The number of carbonyl (C=O) groups is 1. The van der Waals surface area contributed by atoms with Crippen molar-refractivity contribution in [2.45, 2.75) is 20.4 Å². The van der Waals surface area contributed by atoms with Crippen molar-refractivity contribution in [2.24, 2.45) is 0 Å². The van der Waals surface area contributed by atoms with Crippen LogP contribution in [0.1, 0.15) is 21.5 Å². The number of Topliss-reactive ketones (excluding diaryl/α,β-unsaturated/α-hetero) is 1. The molecule has 1 aromatic heterocycles. The third kappa shape index (κ3) is 2.97. The number of pyridine rings is 1. The van der Waals surface area contributed by atoms with Gasteiger partial charge in [-0.3, -0.25) is 9.59 Å². The van der Waals surface area contributed by atoms with Gasteiger partial charge in [-0.15, -0.1) is 0 Å². The molecule has 0 radical (unpaired) electrons. The average molecular weight is 360 g/mol. The molecule has 3 rings (SSSR count). The van der Waals surface area contributed by atoms with Crippen molar-refractivity contribution in [1.29, 1.82) is 0 Å². The van der Waals surface area contributed by atoms with Crippen LogP contribution in [0.15, 0.2) is 47.3 Å². The van der Waals surface area contributed by atoms with E-state index < -0.39 is 0 Å². The maximum absolute atomic E-state index is 12.7. The normalized spacial score (nSPS) is 11.0. The summed E-state index contributed by atoms with van der Waals surface area (Å²) in [6.07, 6.45) is 0. The Morgan fingerprint density at radius 3 is 2.50 bits per heavy atom. The van der Waals surface area contributed by atoms with E-state index in [9.17, 15) is 9.59 Å². The summed E-state index contributed by atoms with van der Waals surface area (Å²) in [6, 6.07) is 12.1. The van der Waals surface area contributed by atoms with E-state index in [2.05, 4.69) is 0 Å². The SMILES string of the molecule is Cc1cc(=O)n(CC(=O)c2ccc(Cl)cc2Cl)c2c(C)cccc12. The fraction of sp³-hybridized carbons (Fsp3) is 0.158. The van der Waals surface area contributed by atoms with Gasteiger partial charge in [0.25, 0.3) is 5.56 Å². The minimum Gasteiger partial charge on any atom is -0.300 e. The molecule has 0 unspecified atom stereocenters. The molecule has 1 heterocycles. The summed E-state index contributed by atoms with van der Waals surface area (Å²) in [6.45, 7) is 3.75. The van der Waals surface area contributed by atoms with Crippen LogP contribution in [-0.4, -0.2) is 10.4 Å². The first-order chi connectivity index (χ1) is 11.4. The summed E-state index contributed by atoms with van der Waals surface area (Å²) in [5, 5.41) is 1.71. The van der Waals surface area contributed by atoms with Crippen LogP contribution in [-0.2, 0) is 6.54 Å². The summed E-state index contributed by atoms with van der Waals surface area (Å²) < 4.78 is 1.50. The number of halogens is 2. The van der Waals surface area contributed by atoms with Gasteiger partial charge in [0.05, 0.1) is 17.1 Å². The Hall–Kier alpha value is -2.10. The highest BCUT2D eigenvalue weighted by atomic mass is 35.5. The van der Waals surface area contributed by atoms with Crippen molar-refractivity contribution in [3.05, 3.63) is 79.6 Å². The second-order valence-electron chi connectivity index (χ2n) is 5.77. The van der Waals surface area contributed by atoms with Gasteiger partial charge in [0.15, 0.2) is 5.78 Å². The van der Waals surface area contributed by atoms with E-state index in [1.165, 1.54) is 10.6 Å². The summed E-state index contributed by atoms with van der Waals surface area (Å²) in [5.74, 6) is -0.229. The van der Waals surface area contributed by atoms with E-state index in [4.69, 9.17) is 23.2 Å². The minimum absolute atomic E-state index is 0.0676. The topological polar surface area (TPSA) is 39.1 Å². The van der Waals surface area contributed by atoms with Crippen LogP contribution < -0.4 is 5.56 Å². The molecule has 0 aliphatic heterocycles. The highest BCUT2D eigenvalue weighted by Gasteiger charge is 2.15. The van der Waals surface area contributed by atoms with E-state index in [0.717, 1.165) is 22.0 Å². The number of para-hydroxylation sites is 1. The lowest BCUT2D eigenvalue weighted by Crippen LogP contribution is -2.25. The molecule has 0 N–H and O–H groups in total. The van der Waals surface area contributed by atoms with Crippen molar-refractivity contribution in [2.75, 3.05) is 0 Å². The first-order valence-electron chi connectivity index (χ1n) is 7.46. The summed E-state index contributed by atoms with van der Waals surface area (Å²) in [4.78, 5) is 25.1. The third-order valence-electron chi connectivity index (χ3n) is 4.07. The Kier molecular flexibility index (Phi) is 4.48. The van der Waals surface area contributed by atoms with Crippen molar-refractivity contribution in [3.63, 3.8) is 0 Å². The fourth-order valence-corrected chi connectivity index (χ4v) is 3.40. The summed E-state index contributed by atoms with van der Waals surface area (Å²) in [7, 11) is 0. The quantitative estimate of drug-likeness (QED) is 0.629. The van der Waals surface area contributed by atoms with Crippen molar-refractivity contribution in [3.8, 4) is 0 Å². The number of benzene rings is 2. The Labute approximate surface area is 149 Å². The standard InChI is InChI=1S/C19H15Cl2NO2/c1-11-4-3-5-14-12(2)8-18(24)22(19(11)14)10-17(23)15-7-6-13(20)9-16(15)21/h3-9H,10H2,1-2H3. The highest BCUT2D eigenvalue weighted by Crippen LogP contribution is 2.23. The largest absolute Gasteiger partial charge is 0.300 e. The lowest BCUT2D eigenvalue weighted by molar-refractivity contribution is 0.0972. The van der Waals surface area contributed by atoms with Gasteiger partial charge in [-0.1, -0.05) is 41.4 Å². The van der Waals surface area contributed by atoms with Gasteiger partial charge >= 0.3 is 0 Å². The molecule has 0 atom stereocenters. The Morgan fingerprint density at radius 2 is 1.79 bits per heavy atom. The first kappa shape index (κ1) is 16.7. The van der Waals surface area contributed by atoms with Gasteiger partial charge in [-0.2, -0.15) is 0 Å². The molecular weight excluding hydrogens is 345 g/mol. The van der Waals surface area contributed by atoms with Crippen LogP contribution in [0.4, 0.5) is 0 Å². The van der Waals surface area contributed by atoms with Crippen LogP contribution in [0.5, 0.6) is 0 Å². The van der Waals surface area contributed by atoms with E-state index in [0.29, 0.717) is 10.6 Å². The molecule has 0 amide bonds. The molecule has 0 fully saturated rings. The summed E-state index contributed by atoms with van der Waals surface area (Å²) >= 11 is 12.0. The van der Waals surface area contributed by atoms with E-state index >= 15 is 0 Å². The molecule has 0 bridgehead atoms. The van der Waals surface area contributed by atoms with Crippen molar-refractivity contribution >= 4 is 39.9 Å². The zero-order valence-electron chi connectivity index (χ0n) is 13.3. The van der Waals surface area contributed by atoms with Gasteiger partial charge in [-0.25, -0.2) is 0 Å². The zero-order valence-corrected chi connectivity index (χ0v) is 14.8. The van der Waals surface area contributed by atoms with Crippen molar-refractivity contribution in [1.82, 2.24) is 4.57 Å². The number of hydrogen-bond acceptors (Lipinski definition) is 2. The lowest BCUT2D eigenvalue weighted by atomic mass is 10.1. The fourth-order valence-electron chi connectivity index (χ4n) is 2.89. The number of nitrogens with zero attached hydrogens (tertiary/aromatic N) is 1. The van der Waals surface area contributed by atoms with E-state index in [1.54, 1.807) is 18.2 Å². The number of aromatic nitrogens is 1. The minimum atomic E-state index is -0.229. The molecule has 3 aromatic rings. The Bertz CT molecular complexity index is 1020. The summed E-state index contributed by atoms with van der Waals surface area (Å²) in [5.41, 5.74) is 2.78. The van der Waals surface area contributed by atoms with Crippen LogP contribution in [0, 0.1) is 13.8 Å². The number of rotatable bonds is 3. The molecule has 5 heteroatoms. The average Bonchev–Trinajstić information content (AvgIpc) is 2.51. The van der Waals surface area contributed by atoms with Gasteiger partial charge in [0.1, 0.15) is 0 Å². The number of hydrogen-bond donors (Lipinski definition) is 0. The Morgan fingerprint density at radius 1 is 1.04 bits per heavy atom. The van der Waals surface area contributed by atoms with Gasteiger partial charge in [0, 0.05) is 22.0 Å². The number of carbonyl (C=O) groups excluding carboxylic acids is 1. The number of aryl methyl sites for hydroxylation is 2. The molecule has 0 spiro atoms. The smallest absolute Gasteiger partial charge is 0.251 e. The third-order valence-corrected chi connectivity index (χ3v) is 4.62. The number of fused-ring (bicyclic) bond motifs is 1. The molecule has 0 aliphatic carbocycles. The van der Waals surface area contributed by atoms with Gasteiger partial charge in [-0.05, 0) is 43.2 Å². The second kappa shape index (κ2) is 6.42. The van der Waals surface area contributed by atoms with Gasteiger partial charge in [0.2, 0.25) is 0 Å². The second-order valence-corrected chi connectivity index (χ2v) is 6.61. The van der Waals surface area contributed by atoms with E-state index in [1.807, 2.05) is 32.0 Å². The molecule has 2 aromatic carbocycles. The van der Waals surface area contributed by atoms with E-state index in [-0.39, 0.29) is 22.9 Å². The molecule has 3 nitrogen and oxygen atoms in total. The lowest BCUT2D eigenvalue weighted by Gasteiger charge is -2.14. The highest BCUT2D eigenvalue weighted by molar-refractivity contribution is 6.36. The predicted molar refractivity (Wildman–Crippen MR) is 98.5 cm³/mol.